The quantitative estimate of drug-likeness (QED) is 0.744. The van der Waals surface area contributed by atoms with Gasteiger partial charge in [-0.15, -0.1) is 0 Å². The largest absolute Gasteiger partial charge is 0.355 e. The van der Waals surface area contributed by atoms with Gasteiger partial charge < -0.3 is 15.5 Å². The molecule has 1 fully saturated rings. The van der Waals surface area contributed by atoms with Crippen LogP contribution >= 0.6 is 0 Å². The first-order chi connectivity index (χ1) is 8.34. The van der Waals surface area contributed by atoms with E-state index in [1.807, 2.05) is 12.3 Å². The lowest BCUT2D eigenvalue weighted by atomic mass is 10.0. The van der Waals surface area contributed by atoms with Crippen molar-refractivity contribution >= 4 is 17.3 Å². The van der Waals surface area contributed by atoms with E-state index < -0.39 is 0 Å². The second kappa shape index (κ2) is 4.33. The van der Waals surface area contributed by atoms with Gasteiger partial charge in [-0.2, -0.15) is 0 Å². The van der Waals surface area contributed by atoms with Gasteiger partial charge in [-0.3, -0.25) is 9.78 Å². The summed E-state index contributed by atoms with van der Waals surface area (Å²) >= 11 is 0. The molecule has 1 saturated heterocycles. The minimum absolute atomic E-state index is 0.0641. The Balaban J connectivity index is 1.91. The molecular formula is C12H16N4O. The van der Waals surface area contributed by atoms with E-state index in [4.69, 9.17) is 0 Å². The number of carbonyl (C=O) groups excluding carboxylic acids is 1. The van der Waals surface area contributed by atoms with Gasteiger partial charge in [-0.05, 0) is 25.5 Å². The van der Waals surface area contributed by atoms with Crippen LogP contribution < -0.4 is 15.5 Å². The number of fused-ring (bicyclic) bond motifs is 1. The average Bonchev–Trinajstić information content (AvgIpc) is 2.39. The fourth-order valence-electron chi connectivity index (χ4n) is 2.58. The summed E-state index contributed by atoms with van der Waals surface area (Å²) in [5, 5.41) is 6.27. The molecule has 3 rings (SSSR count). The molecule has 2 aliphatic heterocycles. The summed E-state index contributed by atoms with van der Waals surface area (Å²) in [6.45, 7) is 2.46. The summed E-state index contributed by atoms with van der Waals surface area (Å²) in [5.41, 5.74) is 1.92. The number of hydrogen-bond donors (Lipinski definition) is 2. The van der Waals surface area contributed by atoms with E-state index in [9.17, 15) is 4.79 Å². The molecule has 2 N–H and O–H groups in total. The summed E-state index contributed by atoms with van der Waals surface area (Å²) in [6, 6.07) is 2.26. The third kappa shape index (κ3) is 1.98. The Hall–Kier alpha value is -1.62. The molecule has 2 aliphatic rings. The summed E-state index contributed by atoms with van der Waals surface area (Å²) in [4.78, 5) is 18.0. The van der Waals surface area contributed by atoms with Gasteiger partial charge >= 0.3 is 0 Å². The minimum Gasteiger partial charge on any atom is -0.355 e. The van der Waals surface area contributed by atoms with Crippen LogP contribution in [0.25, 0.3) is 0 Å². The topological polar surface area (TPSA) is 57.3 Å². The second-order valence-corrected chi connectivity index (χ2v) is 4.57. The standard InChI is InChI=1S/C12H16N4O/c17-12-8-16(9-2-1-4-13-6-9)11-7-14-5-3-10(11)15-12/h3,5,7,9,13H,1-2,4,6,8H2,(H,15,17). The van der Waals surface area contributed by atoms with Crippen LogP contribution in [0.5, 0.6) is 0 Å². The third-order valence-corrected chi connectivity index (χ3v) is 3.41. The highest BCUT2D eigenvalue weighted by Gasteiger charge is 2.28. The molecule has 17 heavy (non-hydrogen) atoms. The Morgan fingerprint density at radius 3 is 3.24 bits per heavy atom. The summed E-state index contributed by atoms with van der Waals surface area (Å²) < 4.78 is 0. The minimum atomic E-state index is 0.0641. The van der Waals surface area contributed by atoms with Crippen molar-refractivity contribution in [3.63, 3.8) is 0 Å². The monoisotopic (exact) mass is 232 g/mol. The van der Waals surface area contributed by atoms with Crippen molar-refractivity contribution < 1.29 is 4.79 Å². The van der Waals surface area contributed by atoms with E-state index in [0.717, 1.165) is 30.9 Å². The predicted octanol–water partition coefficient (Wildman–Crippen LogP) is 0.592. The van der Waals surface area contributed by atoms with Crippen LogP contribution in [0, 0.1) is 0 Å². The SMILES string of the molecule is O=C1CN(C2CCCNC2)c2cnccc2N1. The van der Waals surface area contributed by atoms with Crippen LogP contribution in [0.15, 0.2) is 18.5 Å². The van der Waals surface area contributed by atoms with Crippen LogP contribution in [-0.4, -0.2) is 36.6 Å². The smallest absolute Gasteiger partial charge is 0.243 e. The Bertz CT molecular complexity index is 428. The van der Waals surface area contributed by atoms with Gasteiger partial charge in [0.1, 0.15) is 0 Å². The number of amides is 1. The van der Waals surface area contributed by atoms with Crippen molar-refractivity contribution in [2.24, 2.45) is 0 Å². The van der Waals surface area contributed by atoms with Crippen molar-refractivity contribution in [2.45, 2.75) is 18.9 Å². The second-order valence-electron chi connectivity index (χ2n) is 4.57. The van der Waals surface area contributed by atoms with Crippen molar-refractivity contribution in [3.05, 3.63) is 18.5 Å². The maximum atomic E-state index is 11.7. The first-order valence-corrected chi connectivity index (χ1v) is 6.06. The first-order valence-electron chi connectivity index (χ1n) is 6.06. The maximum absolute atomic E-state index is 11.7. The molecule has 1 atom stereocenters. The molecular weight excluding hydrogens is 216 g/mol. The van der Waals surface area contributed by atoms with E-state index in [0.29, 0.717) is 12.6 Å². The zero-order valence-electron chi connectivity index (χ0n) is 9.65. The van der Waals surface area contributed by atoms with Crippen LogP contribution in [0.3, 0.4) is 0 Å². The van der Waals surface area contributed by atoms with Crippen LogP contribution in [0.2, 0.25) is 0 Å². The lowest BCUT2D eigenvalue weighted by Crippen LogP contribution is -2.51. The Morgan fingerprint density at radius 1 is 1.47 bits per heavy atom. The zero-order valence-corrected chi connectivity index (χ0v) is 9.65. The van der Waals surface area contributed by atoms with Crippen LogP contribution in [0.1, 0.15) is 12.8 Å². The molecule has 1 aromatic rings. The summed E-state index contributed by atoms with van der Waals surface area (Å²) in [5.74, 6) is 0.0641. The zero-order chi connectivity index (χ0) is 11.7. The van der Waals surface area contributed by atoms with E-state index >= 15 is 0 Å². The van der Waals surface area contributed by atoms with E-state index in [-0.39, 0.29) is 5.91 Å². The van der Waals surface area contributed by atoms with Crippen molar-refractivity contribution in [1.82, 2.24) is 10.3 Å². The van der Waals surface area contributed by atoms with Crippen molar-refractivity contribution in [1.29, 1.82) is 0 Å². The third-order valence-electron chi connectivity index (χ3n) is 3.41. The molecule has 0 aliphatic carbocycles. The van der Waals surface area contributed by atoms with Crippen LogP contribution in [-0.2, 0) is 4.79 Å². The number of rotatable bonds is 1. The lowest BCUT2D eigenvalue weighted by Gasteiger charge is -2.39. The Labute approximate surface area is 100 Å². The van der Waals surface area contributed by atoms with Gasteiger partial charge in [0.05, 0.1) is 24.1 Å². The van der Waals surface area contributed by atoms with Gasteiger partial charge in [0.2, 0.25) is 5.91 Å². The molecule has 5 nitrogen and oxygen atoms in total. The molecule has 3 heterocycles. The number of nitrogens with zero attached hydrogens (tertiary/aromatic N) is 2. The summed E-state index contributed by atoms with van der Waals surface area (Å²) in [7, 11) is 0. The molecule has 0 saturated carbocycles. The predicted molar refractivity (Wildman–Crippen MR) is 66.1 cm³/mol. The number of anilines is 2. The van der Waals surface area contributed by atoms with Crippen molar-refractivity contribution in [3.8, 4) is 0 Å². The highest BCUT2D eigenvalue weighted by Crippen LogP contribution is 2.30. The van der Waals surface area contributed by atoms with Gasteiger partial charge in [-0.25, -0.2) is 0 Å². The number of piperidine rings is 1. The van der Waals surface area contributed by atoms with Crippen LogP contribution in [0.4, 0.5) is 11.4 Å². The number of pyridine rings is 1. The number of hydrogen-bond acceptors (Lipinski definition) is 4. The van der Waals surface area contributed by atoms with Crippen molar-refractivity contribution in [2.75, 3.05) is 29.9 Å². The molecule has 1 unspecified atom stereocenters. The Kier molecular flexibility index (Phi) is 2.68. The molecule has 0 radical (unpaired) electrons. The van der Waals surface area contributed by atoms with Gasteiger partial charge in [0, 0.05) is 18.8 Å². The fourth-order valence-corrected chi connectivity index (χ4v) is 2.58. The molecule has 5 heteroatoms. The first kappa shape index (κ1) is 10.5. The average molecular weight is 232 g/mol. The molecule has 90 valence electrons. The molecule has 0 bridgehead atoms. The maximum Gasteiger partial charge on any atom is 0.243 e. The molecule has 1 amide bonds. The number of nitrogens with one attached hydrogen (secondary N) is 2. The molecule has 1 aromatic heterocycles. The van der Waals surface area contributed by atoms with Gasteiger partial charge in [0.15, 0.2) is 0 Å². The summed E-state index contributed by atoms with van der Waals surface area (Å²) in [6.07, 6.45) is 5.85. The molecule has 0 spiro atoms. The van der Waals surface area contributed by atoms with E-state index in [2.05, 4.69) is 20.5 Å². The number of carbonyl (C=O) groups is 1. The highest BCUT2D eigenvalue weighted by atomic mass is 16.2. The highest BCUT2D eigenvalue weighted by molar-refractivity contribution is 6.01. The van der Waals surface area contributed by atoms with Gasteiger partial charge in [0.25, 0.3) is 0 Å². The van der Waals surface area contributed by atoms with E-state index in [1.165, 1.54) is 6.42 Å². The fraction of sp³-hybridized carbons (Fsp3) is 0.500. The Morgan fingerprint density at radius 2 is 2.41 bits per heavy atom. The molecule has 0 aromatic carbocycles. The normalized spacial score (nSPS) is 24.1. The van der Waals surface area contributed by atoms with Gasteiger partial charge in [-0.1, -0.05) is 0 Å². The number of aromatic nitrogens is 1. The lowest BCUT2D eigenvalue weighted by molar-refractivity contribution is -0.115. The van der Waals surface area contributed by atoms with E-state index in [1.54, 1.807) is 6.20 Å².